The third-order valence-corrected chi connectivity index (χ3v) is 3.64. The van der Waals surface area contributed by atoms with Crippen molar-refractivity contribution in [3.8, 4) is 0 Å². The molecular formula is C15H22O2. The Hall–Kier alpha value is -0.860. The van der Waals surface area contributed by atoms with E-state index in [1.165, 1.54) is 5.56 Å². The van der Waals surface area contributed by atoms with Crippen LogP contribution < -0.4 is 0 Å². The lowest BCUT2D eigenvalue weighted by Crippen LogP contribution is -2.51. The van der Waals surface area contributed by atoms with Crippen LogP contribution >= 0.6 is 0 Å². The largest absolute Gasteiger partial charge is 0.349 e. The van der Waals surface area contributed by atoms with Crippen molar-refractivity contribution in [2.24, 2.45) is 5.41 Å². The molecule has 2 unspecified atom stereocenters. The molecule has 0 N–H and O–H groups in total. The summed E-state index contributed by atoms with van der Waals surface area (Å²) in [5, 5.41) is 0. The molecule has 2 heteroatoms. The van der Waals surface area contributed by atoms with Crippen molar-refractivity contribution >= 4 is 0 Å². The van der Waals surface area contributed by atoms with E-state index in [1.807, 2.05) is 13.0 Å². The number of hydrogen-bond acceptors (Lipinski definition) is 2. The smallest absolute Gasteiger partial charge is 0.169 e. The first-order chi connectivity index (χ1) is 7.91. The Labute approximate surface area is 104 Å². The van der Waals surface area contributed by atoms with Gasteiger partial charge in [-0.05, 0) is 19.4 Å². The number of hydrogen-bond donors (Lipinski definition) is 0. The van der Waals surface area contributed by atoms with Crippen molar-refractivity contribution in [3.05, 3.63) is 35.9 Å². The molecule has 1 saturated heterocycles. The van der Waals surface area contributed by atoms with Crippen LogP contribution in [0.1, 0.15) is 33.3 Å². The Morgan fingerprint density at radius 2 is 1.82 bits per heavy atom. The van der Waals surface area contributed by atoms with E-state index < -0.39 is 5.79 Å². The molecule has 2 atom stereocenters. The summed E-state index contributed by atoms with van der Waals surface area (Å²) in [5.74, 6) is -0.490. The molecule has 1 fully saturated rings. The van der Waals surface area contributed by atoms with Crippen LogP contribution in [-0.2, 0) is 15.9 Å². The summed E-state index contributed by atoms with van der Waals surface area (Å²) in [5.41, 5.74) is 1.35. The van der Waals surface area contributed by atoms with Crippen LogP contribution in [0.25, 0.3) is 0 Å². The van der Waals surface area contributed by atoms with Crippen LogP contribution in [0, 0.1) is 5.41 Å². The zero-order chi connectivity index (χ0) is 12.5. The molecule has 0 radical (unpaired) electrons. The topological polar surface area (TPSA) is 18.5 Å². The second-order valence-electron chi connectivity index (χ2n) is 5.83. The van der Waals surface area contributed by atoms with Gasteiger partial charge in [0.2, 0.25) is 0 Å². The molecule has 0 spiro atoms. The van der Waals surface area contributed by atoms with Gasteiger partial charge in [-0.3, -0.25) is 0 Å². The van der Waals surface area contributed by atoms with Crippen LogP contribution in [0.5, 0.6) is 0 Å². The Bertz CT molecular complexity index is 372. The molecule has 1 heterocycles. The molecule has 2 nitrogen and oxygen atoms in total. The molecule has 0 aliphatic carbocycles. The number of ether oxygens (including phenoxy) is 2. The first-order valence-corrected chi connectivity index (χ1v) is 6.27. The predicted molar refractivity (Wildman–Crippen MR) is 68.8 cm³/mol. The maximum Gasteiger partial charge on any atom is 0.169 e. The Kier molecular flexibility index (Phi) is 3.28. The molecule has 0 amide bonds. The van der Waals surface area contributed by atoms with E-state index >= 15 is 0 Å². The Morgan fingerprint density at radius 3 is 2.41 bits per heavy atom. The summed E-state index contributed by atoms with van der Waals surface area (Å²) in [4.78, 5) is 0. The number of rotatable bonds is 2. The van der Waals surface area contributed by atoms with Crippen molar-refractivity contribution in [1.82, 2.24) is 0 Å². The van der Waals surface area contributed by atoms with E-state index in [2.05, 4.69) is 45.0 Å². The average molecular weight is 234 g/mol. The molecule has 1 aromatic rings. The van der Waals surface area contributed by atoms with Crippen LogP contribution in [0.15, 0.2) is 30.3 Å². The highest BCUT2D eigenvalue weighted by molar-refractivity contribution is 5.16. The van der Waals surface area contributed by atoms with E-state index in [-0.39, 0.29) is 11.5 Å². The summed E-state index contributed by atoms with van der Waals surface area (Å²) in [6.07, 6.45) is 1.01. The predicted octanol–water partition coefficient (Wildman–Crippen LogP) is 3.41. The maximum atomic E-state index is 6.07. The van der Waals surface area contributed by atoms with E-state index in [9.17, 15) is 0 Å². The minimum absolute atomic E-state index is 0.0935. The SMILES string of the molecule is CC1OC(C)(Cc2ccccc2)OCC1(C)C. The summed E-state index contributed by atoms with van der Waals surface area (Å²) in [7, 11) is 0. The molecule has 17 heavy (non-hydrogen) atoms. The van der Waals surface area contributed by atoms with Crippen LogP contribution in [0.4, 0.5) is 0 Å². The van der Waals surface area contributed by atoms with Gasteiger partial charge in [0, 0.05) is 11.8 Å². The standard InChI is InChI=1S/C15H22O2/c1-12-14(2,3)11-16-15(4,17-12)10-13-8-6-5-7-9-13/h5-9,12H,10-11H2,1-4H3. The molecule has 0 saturated carbocycles. The molecule has 0 aromatic heterocycles. The van der Waals surface area contributed by atoms with E-state index in [1.54, 1.807) is 0 Å². The average Bonchev–Trinajstić information content (AvgIpc) is 2.26. The van der Waals surface area contributed by atoms with Gasteiger partial charge in [-0.2, -0.15) is 0 Å². The molecule has 94 valence electrons. The summed E-state index contributed by atoms with van der Waals surface area (Å²) >= 11 is 0. The van der Waals surface area contributed by atoms with Crippen LogP contribution in [-0.4, -0.2) is 18.5 Å². The summed E-state index contributed by atoms with van der Waals surface area (Å²) in [6, 6.07) is 10.4. The van der Waals surface area contributed by atoms with Gasteiger partial charge in [0.1, 0.15) is 0 Å². The fourth-order valence-corrected chi connectivity index (χ4v) is 2.08. The van der Waals surface area contributed by atoms with Crippen LogP contribution in [0.2, 0.25) is 0 Å². The first kappa shape index (κ1) is 12.6. The molecule has 1 aliphatic heterocycles. The third-order valence-electron chi connectivity index (χ3n) is 3.64. The van der Waals surface area contributed by atoms with E-state index in [0.717, 1.165) is 13.0 Å². The zero-order valence-corrected chi connectivity index (χ0v) is 11.2. The second kappa shape index (κ2) is 4.43. The molecule has 1 aliphatic rings. The molecular weight excluding hydrogens is 212 g/mol. The highest BCUT2D eigenvalue weighted by Gasteiger charge is 2.41. The number of benzene rings is 1. The second-order valence-corrected chi connectivity index (χ2v) is 5.83. The van der Waals surface area contributed by atoms with E-state index in [4.69, 9.17) is 9.47 Å². The maximum absolute atomic E-state index is 6.07. The lowest BCUT2D eigenvalue weighted by molar-refractivity contribution is -0.315. The fourth-order valence-electron chi connectivity index (χ4n) is 2.08. The Balaban J connectivity index is 2.07. The van der Waals surface area contributed by atoms with Gasteiger partial charge in [-0.1, -0.05) is 44.2 Å². The molecule has 1 aromatic carbocycles. The lowest BCUT2D eigenvalue weighted by Gasteiger charge is -2.46. The molecule has 2 rings (SSSR count). The van der Waals surface area contributed by atoms with E-state index in [0.29, 0.717) is 0 Å². The van der Waals surface area contributed by atoms with Gasteiger partial charge in [0.25, 0.3) is 0 Å². The highest BCUT2D eigenvalue weighted by atomic mass is 16.7. The first-order valence-electron chi connectivity index (χ1n) is 6.27. The van der Waals surface area contributed by atoms with Crippen molar-refractivity contribution < 1.29 is 9.47 Å². The Morgan fingerprint density at radius 1 is 1.18 bits per heavy atom. The van der Waals surface area contributed by atoms with Gasteiger partial charge >= 0.3 is 0 Å². The van der Waals surface area contributed by atoms with Gasteiger partial charge in [0.05, 0.1) is 12.7 Å². The van der Waals surface area contributed by atoms with Gasteiger partial charge in [-0.25, -0.2) is 0 Å². The van der Waals surface area contributed by atoms with Crippen molar-refractivity contribution in [2.45, 2.75) is 46.0 Å². The van der Waals surface area contributed by atoms with Gasteiger partial charge < -0.3 is 9.47 Å². The zero-order valence-electron chi connectivity index (χ0n) is 11.2. The molecule has 0 bridgehead atoms. The lowest BCUT2D eigenvalue weighted by atomic mass is 9.86. The van der Waals surface area contributed by atoms with Crippen molar-refractivity contribution in [3.63, 3.8) is 0 Å². The van der Waals surface area contributed by atoms with Crippen LogP contribution in [0.3, 0.4) is 0 Å². The monoisotopic (exact) mass is 234 g/mol. The third kappa shape index (κ3) is 2.88. The normalized spacial score (nSPS) is 32.4. The van der Waals surface area contributed by atoms with Crippen molar-refractivity contribution in [2.75, 3.05) is 6.61 Å². The minimum atomic E-state index is -0.490. The summed E-state index contributed by atoms with van der Waals surface area (Å²) in [6.45, 7) is 9.27. The summed E-state index contributed by atoms with van der Waals surface area (Å²) < 4.78 is 12.0. The van der Waals surface area contributed by atoms with Gasteiger partial charge in [-0.15, -0.1) is 0 Å². The van der Waals surface area contributed by atoms with Crippen molar-refractivity contribution in [1.29, 1.82) is 0 Å². The minimum Gasteiger partial charge on any atom is -0.349 e. The quantitative estimate of drug-likeness (QED) is 0.780. The van der Waals surface area contributed by atoms with Gasteiger partial charge in [0.15, 0.2) is 5.79 Å². The fraction of sp³-hybridized carbons (Fsp3) is 0.600. The highest BCUT2D eigenvalue weighted by Crippen LogP contribution is 2.36.